The van der Waals surface area contributed by atoms with Crippen molar-refractivity contribution in [3.8, 4) is 40.6 Å². The fraction of sp³-hybridized carbons (Fsp3) is 0.455. The molecule has 5 atom stereocenters. The lowest BCUT2D eigenvalue weighted by Gasteiger charge is -2.31. The summed E-state index contributed by atoms with van der Waals surface area (Å²) >= 11 is 0. The number of nitrogens with one attached hydrogen (secondary N) is 1. The van der Waals surface area contributed by atoms with E-state index in [2.05, 4.69) is 17.2 Å². The molecule has 12 rings (SSSR count). The number of aryl methyl sites for hydroxylation is 1. The molecule has 6 aliphatic rings. The third-order valence-electron chi connectivity index (χ3n) is 21.7. The van der Waals surface area contributed by atoms with Gasteiger partial charge in [-0.1, -0.05) is 92.4 Å². The monoisotopic (exact) mass is 1530 g/mol. The SMILES string of the molecule is COc1ccc(C2=CN3C(=O)c4cc(OC)c(OCCCOc5cc6c(cc5OC)C(=O)N5CC7(CC7)C[C@H]5C(O)N6C(=O)OCc5ccc(CC(=O)[C@H](C)NC(=O)[C@@H](CC(=O)CCOCCOCCOCCOCCC(=O)CCCC(=O)N6Cc7ccccc7C#Cc7ccccc76)C(C)C)cc5)cc4CC[C@@H]3C2)cc1. The first-order valence-corrected chi connectivity index (χ1v) is 38.9. The summed E-state index contributed by atoms with van der Waals surface area (Å²) in [5.74, 6) is 6.45. The highest BCUT2D eigenvalue weighted by molar-refractivity contribution is 6.06. The molecule has 24 heteroatoms. The van der Waals surface area contributed by atoms with Crippen LogP contribution in [0.4, 0.5) is 16.2 Å². The van der Waals surface area contributed by atoms with Gasteiger partial charge in [-0.05, 0) is 145 Å². The summed E-state index contributed by atoms with van der Waals surface area (Å²) in [6.45, 7) is 8.54. The van der Waals surface area contributed by atoms with E-state index in [0.29, 0.717) is 93.4 Å². The molecule has 592 valence electrons. The van der Waals surface area contributed by atoms with E-state index >= 15 is 0 Å². The van der Waals surface area contributed by atoms with Crippen molar-refractivity contribution in [1.82, 2.24) is 15.1 Å². The second-order valence-corrected chi connectivity index (χ2v) is 29.8. The van der Waals surface area contributed by atoms with Crippen molar-refractivity contribution in [2.45, 2.75) is 148 Å². The topological polar surface area (TPSA) is 274 Å². The lowest BCUT2D eigenvalue weighted by atomic mass is 9.88. The van der Waals surface area contributed by atoms with E-state index in [-0.39, 0.29) is 160 Å². The Balaban J connectivity index is 0.534. The molecule has 0 aromatic heterocycles. The van der Waals surface area contributed by atoms with Crippen molar-refractivity contribution < 1.29 is 90.8 Å². The number of benzene rings is 6. The summed E-state index contributed by atoms with van der Waals surface area (Å²) < 4.78 is 57.9. The third-order valence-corrected chi connectivity index (χ3v) is 21.7. The molecule has 24 nitrogen and oxygen atoms in total. The fourth-order valence-corrected chi connectivity index (χ4v) is 15.0. The number of ketones is 3. The highest BCUT2D eigenvalue weighted by Crippen LogP contribution is 2.57. The van der Waals surface area contributed by atoms with Crippen LogP contribution in [0, 0.1) is 29.1 Å². The van der Waals surface area contributed by atoms with E-state index in [1.54, 1.807) is 54.2 Å². The largest absolute Gasteiger partial charge is 0.497 e. The Kier molecular flexibility index (Phi) is 27.7. The van der Waals surface area contributed by atoms with Gasteiger partial charge in [0.2, 0.25) is 11.8 Å². The van der Waals surface area contributed by atoms with Gasteiger partial charge in [-0.15, -0.1) is 0 Å². The number of amides is 5. The predicted octanol–water partition coefficient (Wildman–Crippen LogP) is 11.6. The molecule has 1 aliphatic carbocycles. The molecular weight excluding hydrogens is 1430 g/mol. The number of fused-ring (bicyclic) bond motifs is 6. The van der Waals surface area contributed by atoms with E-state index in [0.717, 1.165) is 75.4 Å². The van der Waals surface area contributed by atoms with Crippen LogP contribution in [0.5, 0.6) is 28.7 Å². The molecule has 1 unspecified atom stereocenters. The number of Topliss-reactive ketones (excluding diaryl/α,β-unsaturated/α-hetero) is 3. The molecule has 1 saturated carbocycles. The molecule has 5 heterocycles. The normalized spacial score (nSPS) is 17.5. The second kappa shape index (κ2) is 38.2. The third kappa shape index (κ3) is 20.3. The Labute approximate surface area is 654 Å². The maximum atomic E-state index is 14.5. The highest BCUT2D eigenvalue weighted by atomic mass is 16.6. The molecule has 5 aliphatic heterocycles. The summed E-state index contributed by atoms with van der Waals surface area (Å²) in [6.07, 6.45) is 5.76. The van der Waals surface area contributed by atoms with Crippen molar-refractivity contribution >= 4 is 64.0 Å². The summed E-state index contributed by atoms with van der Waals surface area (Å²) in [5, 5.41) is 15.1. The molecule has 5 amide bonds. The van der Waals surface area contributed by atoms with Crippen LogP contribution in [-0.2, 0) is 73.7 Å². The Morgan fingerprint density at radius 3 is 1.91 bits per heavy atom. The van der Waals surface area contributed by atoms with E-state index in [1.165, 1.54) is 26.4 Å². The van der Waals surface area contributed by atoms with Crippen LogP contribution in [0.1, 0.15) is 157 Å². The number of nitrogens with zero attached hydrogens (tertiary/aromatic N) is 4. The van der Waals surface area contributed by atoms with Gasteiger partial charge in [-0.3, -0.25) is 33.6 Å². The summed E-state index contributed by atoms with van der Waals surface area (Å²) in [4.78, 5) is 116. The van der Waals surface area contributed by atoms with Crippen molar-refractivity contribution in [2.24, 2.45) is 17.3 Å². The Morgan fingerprint density at radius 1 is 0.616 bits per heavy atom. The number of hydrogen-bond acceptors (Lipinski definition) is 19. The van der Waals surface area contributed by atoms with E-state index in [9.17, 15) is 43.5 Å². The minimum Gasteiger partial charge on any atom is -0.497 e. The lowest BCUT2D eigenvalue weighted by Crippen LogP contribution is -2.50. The molecule has 6 aromatic carbocycles. The van der Waals surface area contributed by atoms with Gasteiger partial charge >= 0.3 is 6.09 Å². The number of anilines is 2. The summed E-state index contributed by atoms with van der Waals surface area (Å²) in [7, 11) is 4.63. The van der Waals surface area contributed by atoms with Crippen molar-refractivity contribution in [3.63, 3.8) is 0 Å². The fourth-order valence-electron chi connectivity index (χ4n) is 15.0. The average molecular weight is 1530 g/mol. The second-order valence-electron chi connectivity index (χ2n) is 29.8. The van der Waals surface area contributed by atoms with Gasteiger partial charge in [-0.25, -0.2) is 9.69 Å². The summed E-state index contributed by atoms with van der Waals surface area (Å²) in [6, 6.07) is 35.4. The maximum absolute atomic E-state index is 14.5. The van der Waals surface area contributed by atoms with Crippen LogP contribution in [-0.4, -0.2) is 180 Å². The first-order valence-electron chi connectivity index (χ1n) is 38.9. The Hall–Kier alpha value is -10.4. The van der Waals surface area contributed by atoms with Crippen molar-refractivity contribution in [1.29, 1.82) is 0 Å². The predicted molar refractivity (Wildman–Crippen MR) is 417 cm³/mol. The number of carbonyl (C=O) groups excluding carboxylic acids is 8. The zero-order chi connectivity index (χ0) is 78.8. The number of ether oxygens (including phenoxy) is 10. The molecule has 2 fully saturated rings. The molecule has 0 radical (unpaired) electrons. The van der Waals surface area contributed by atoms with Gasteiger partial charge in [0.05, 0.1) is 123 Å². The maximum Gasteiger partial charge on any atom is 0.416 e. The zero-order valence-corrected chi connectivity index (χ0v) is 64.8. The van der Waals surface area contributed by atoms with Crippen LogP contribution in [0.3, 0.4) is 0 Å². The smallest absolute Gasteiger partial charge is 0.416 e. The standard InChI is InChI=1S/C88H101N5O19/c1-57(2)71(48-69(95)32-38-107-40-42-109-44-43-108-41-39-106-37-31-68(94)16-11-18-82(97)91-53-65-15-8-7-13-61(65)23-24-63-14-9-10-17-74(63)91)83(98)89-58(3)77(96)45-59-19-21-60(22-20-59)55-112-87(102)93-75-51-81(79(105-6)50-73(75)85(100)92-56-88(33-34-88)52-76(92)86(93)101)111-36-12-35-110-80-47-64-25-28-67-46-66(62-26-29-70(103-4)30-27-62)54-90(67)84(99)72(64)49-78(80)104-5/h7-10,13-15,17,19-22,26-27,29-30,47,49-51,54,57-58,67,71,76,86,101H,11-12,16,18,25,28,31-46,48,52-53,55-56H2,1-6H3,(H,89,98)/t58-,67+,71-,76-,86?/m0/s1. The molecular formula is C88H101N5O19. The molecule has 0 bridgehead atoms. The number of aliphatic hydroxyl groups is 1. The van der Waals surface area contributed by atoms with Gasteiger partial charge in [0.25, 0.3) is 11.8 Å². The Morgan fingerprint density at radius 2 is 1.24 bits per heavy atom. The van der Waals surface area contributed by atoms with Crippen LogP contribution >= 0.6 is 0 Å². The van der Waals surface area contributed by atoms with E-state index in [1.807, 2.05) is 104 Å². The van der Waals surface area contributed by atoms with Crippen molar-refractivity contribution in [2.75, 3.05) is 104 Å². The molecule has 2 N–H and O–H groups in total. The number of rotatable bonds is 39. The van der Waals surface area contributed by atoms with Gasteiger partial charge in [-0.2, -0.15) is 0 Å². The summed E-state index contributed by atoms with van der Waals surface area (Å²) in [5.41, 5.74) is 8.35. The molecule has 112 heavy (non-hydrogen) atoms. The van der Waals surface area contributed by atoms with Crippen LogP contribution in [0.25, 0.3) is 5.57 Å². The first-order chi connectivity index (χ1) is 54.3. The van der Waals surface area contributed by atoms with Gasteiger partial charge in [0, 0.05) is 92.4 Å². The quantitative estimate of drug-likeness (QED) is 0.0268. The average Bonchev–Trinajstić information content (AvgIpc) is 1.56. The number of hydrogen-bond donors (Lipinski definition) is 2. The van der Waals surface area contributed by atoms with Gasteiger partial charge < -0.3 is 72.5 Å². The molecule has 6 aromatic rings. The molecule has 1 saturated heterocycles. The van der Waals surface area contributed by atoms with Crippen LogP contribution < -0.4 is 38.8 Å². The number of aliphatic hydroxyl groups excluding tert-OH is 1. The van der Waals surface area contributed by atoms with Gasteiger partial charge in [0.1, 0.15) is 23.9 Å². The van der Waals surface area contributed by atoms with Gasteiger partial charge in [0.15, 0.2) is 35.0 Å². The van der Waals surface area contributed by atoms with Crippen molar-refractivity contribution in [3.05, 3.63) is 178 Å². The highest BCUT2D eigenvalue weighted by Gasteiger charge is 2.58. The first kappa shape index (κ1) is 81.1. The number of para-hydroxylation sites is 1. The minimum atomic E-state index is -1.47. The van der Waals surface area contributed by atoms with Crippen LogP contribution in [0.15, 0.2) is 128 Å². The lowest BCUT2D eigenvalue weighted by molar-refractivity contribution is -0.133. The minimum absolute atomic E-state index is 0.0109. The number of carbonyl (C=O) groups is 8. The number of methoxy groups -OCH3 is 3. The molecule has 1 spiro atoms. The zero-order valence-electron chi connectivity index (χ0n) is 64.8. The van der Waals surface area contributed by atoms with E-state index < -0.39 is 36.2 Å². The van der Waals surface area contributed by atoms with E-state index in [4.69, 9.17) is 47.4 Å². The Bertz CT molecular complexity index is 4480. The van der Waals surface area contributed by atoms with Crippen LogP contribution in [0.2, 0.25) is 0 Å².